The fraction of sp³-hybridized carbons (Fsp3) is 0.360. The van der Waals surface area contributed by atoms with Crippen LogP contribution in [0.1, 0.15) is 23.6 Å². The number of nitrogens with zero attached hydrogens (tertiary/aromatic N) is 2. The zero-order valence-electron chi connectivity index (χ0n) is 18.5. The number of methoxy groups -OCH3 is 1. The monoisotopic (exact) mass is 470 g/mol. The topological polar surface area (TPSA) is 79.3 Å². The standard InChI is InChI=1S/C25H27ClN2O5/c1-32-20-8-3-6-18(16-20)23(29)21-22(17-5-2-7-19(26)15-17)28(25(31)24(21)30)10-4-9-27-11-13-33-14-12-27/h2-3,5-8,15-16,22,29H,4,9-14H2,1H3/b23-21+/t22-/m1/s1. The zero-order valence-corrected chi connectivity index (χ0v) is 19.3. The van der Waals surface area contributed by atoms with Crippen LogP contribution in [-0.4, -0.2) is 73.1 Å². The number of ketones is 1. The van der Waals surface area contributed by atoms with Gasteiger partial charge in [-0.25, -0.2) is 0 Å². The maximum absolute atomic E-state index is 13.1. The molecule has 0 unspecified atom stereocenters. The van der Waals surface area contributed by atoms with Gasteiger partial charge in [-0.2, -0.15) is 0 Å². The van der Waals surface area contributed by atoms with E-state index in [4.69, 9.17) is 21.1 Å². The third-order valence-corrected chi connectivity index (χ3v) is 6.26. The Balaban J connectivity index is 1.68. The minimum Gasteiger partial charge on any atom is -0.507 e. The summed E-state index contributed by atoms with van der Waals surface area (Å²) in [6, 6.07) is 13.1. The Morgan fingerprint density at radius 1 is 1.12 bits per heavy atom. The van der Waals surface area contributed by atoms with Gasteiger partial charge in [-0.05, 0) is 36.2 Å². The lowest BCUT2D eigenvalue weighted by Gasteiger charge is -2.29. The molecule has 2 aliphatic rings. The van der Waals surface area contributed by atoms with Crippen molar-refractivity contribution in [1.29, 1.82) is 0 Å². The molecule has 33 heavy (non-hydrogen) atoms. The summed E-state index contributed by atoms with van der Waals surface area (Å²) in [5.74, 6) is -1.01. The zero-order chi connectivity index (χ0) is 23.4. The lowest BCUT2D eigenvalue weighted by molar-refractivity contribution is -0.140. The van der Waals surface area contributed by atoms with E-state index in [1.165, 1.54) is 7.11 Å². The number of rotatable bonds is 7. The van der Waals surface area contributed by atoms with Gasteiger partial charge < -0.3 is 19.5 Å². The molecule has 8 heteroatoms. The summed E-state index contributed by atoms with van der Waals surface area (Å²) >= 11 is 6.23. The highest BCUT2D eigenvalue weighted by Crippen LogP contribution is 2.40. The van der Waals surface area contributed by atoms with Crippen molar-refractivity contribution in [3.8, 4) is 5.75 Å². The first-order valence-electron chi connectivity index (χ1n) is 11.0. The Morgan fingerprint density at radius 3 is 2.61 bits per heavy atom. The number of carbonyl (C=O) groups excluding carboxylic acids is 2. The van der Waals surface area contributed by atoms with Crippen molar-refractivity contribution in [3.05, 3.63) is 70.3 Å². The van der Waals surface area contributed by atoms with Crippen LogP contribution < -0.4 is 4.74 Å². The summed E-state index contributed by atoms with van der Waals surface area (Å²) in [5, 5.41) is 11.6. The second-order valence-electron chi connectivity index (χ2n) is 8.09. The third-order valence-electron chi connectivity index (χ3n) is 6.02. The third kappa shape index (κ3) is 5.05. The smallest absolute Gasteiger partial charge is 0.295 e. The lowest BCUT2D eigenvalue weighted by Crippen LogP contribution is -2.38. The highest BCUT2D eigenvalue weighted by Gasteiger charge is 2.45. The fourth-order valence-corrected chi connectivity index (χ4v) is 4.55. The minimum atomic E-state index is -0.723. The number of hydrogen-bond acceptors (Lipinski definition) is 6. The predicted molar refractivity (Wildman–Crippen MR) is 125 cm³/mol. The first-order chi connectivity index (χ1) is 16.0. The lowest BCUT2D eigenvalue weighted by atomic mass is 9.95. The first-order valence-corrected chi connectivity index (χ1v) is 11.4. The Labute approximate surface area is 198 Å². The van der Waals surface area contributed by atoms with Crippen molar-refractivity contribution in [3.63, 3.8) is 0 Å². The minimum absolute atomic E-state index is 0.0573. The molecular formula is C25H27ClN2O5. The molecule has 2 heterocycles. The van der Waals surface area contributed by atoms with Gasteiger partial charge in [-0.3, -0.25) is 14.5 Å². The van der Waals surface area contributed by atoms with Crippen LogP contribution >= 0.6 is 11.6 Å². The molecule has 2 saturated heterocycles. The average molecular weight is 471 g/mol. The van der Waals surface area contributed by atoms with E-state index in [0.29, 0.717) is 48.1 Å². The normalized spacial score (nSPS) is 20.9. The van der Waals surface area contributed by atoms with E-state index >= 15 is 0 Å². The number of likely N-dealkylation sites (tertiary alicyclic amines) is 1. The number of morpholine rings is 1. The van der Waals surface area contributed by atoms with E-state index in [-0.39, 0.29) is 11.3 Å². The van der Waals surface area contributed by atoms with Crippen LogP contribution in [0.3, 0.4) is 0 Å². The molecular weight excluding hydrogens is 444 g/mol. The molecule has 0 aromatic heterocycles. The largest absolute Gasteiger partial charge is 0.507 e. The van der Waals surface area contributed by atoms with Gasteiger partial charge in [0.1, 0.15) is 11.5 Å². The summed E-state index contributed by atoms with van der Waals surface area (Å²) in [4.78, 5) is 30.0. The van der Waals surface area contributed by atoms with Gasteiger partial charge in [0.25, 0.3) is 11.7 Å². The maximum atomic E-state index is 13.1. The molecule has 1 N–H and O–H groups in total. The number of aliphatic hydroxyl groups is 1. The molecule has 2 aliphatic heterocycles. The number of carbonyl (C=O) groups is 2. The van der Waals surface area contributed by atoms with Gasteiger partial charge >= 0.3 is 0 Å². The van der Waals surface area contributed by atoms with Crippen LogP contribution in [0.5, 0.6) is 5.75 Å². The van der Waals surface area contributed by atoms with Crippen LogP contribution in [-0.2, 0) is 14.3 Å². The number of benzene rings is 2. The quantitative estimate of drug-likeness (QED) is 0.379. The Morgan fingerprint density at radius 2 is 1.88 bits per heavy atom. The van der Waals surface area contributed by atoms with E-state index in [0.717, 1.165) is 19.6 Å². The van der Waals surface area contributed by atoms with Gasteiger partial charge in [-0.15, -0.1) is 0 Å². The molecule has 1 atom stereocenters. The SMILES string of the molecule is COc1cccc(/C(O)=C2\C(=O)C(=O)N(CCCN3CCOCC3)[C@@H]2c2cccc(Cl)c2)c1. The average Bonchev–Trinajstić information content (AvgIpc) is 3.09. The van der Waals surface area contributed by atoms with E-state index in [2.05, 4.69) is 4.90 Å². The second kappa shape index (κ2) is 10.4. The summed E-state index contributed by atoms with van der Waals surface area (Å²) in [6.07, 6.45) is 0.698. The van der Waals surface area contributed by atoms with Crippen LogP contribution in [0.4, 0.5) is 0 Å². The highest BCUT2D eigenvalue weighted by atomic mass is 35.5. The van der Waals surface area contributed by atoms with Gasteiger partial charge in [-0.1, -0.05) is 35.9 Å². The number of Topliss-reactive ketones (excluding diaryl/α,β-unsaturated/α-hetero) is 1. The Hall–Kier alpha value is -2.87. The molecule has 0 aliphatic carbocycles. The van der Waals surface area contributed by atoms with Crippen molar-refractivity contribution in [2.75, 3.05) is 46.5 Å². The van der Waals surface area contributed by atoms with Gasteiger partial charge in [0.2, 0.25) is 0 Å². The molecule has 4 rings (SSSR count). The Bertz CT molecular complexity index is 1060. The van der Waals surface area contributed by atoms with Gasteiger partial charge in [0.05, 0.1) is 31.9 Å². The van der Waals surface area contributed by atoms with Crippen molar-refractivity contribution in [1.82, 2.24) is 9.80 Å². The molecule has 2 aromatic carbocycles. The molecule has 174 valence electrons. The summed E-state index contributed by atoms with van der Waals surface area (Å²) in [6.45, 7) is 4.29. The van der Waals surface area contributed by atoms with Crippen molar-refractivity contribution < 1.29 is 24.2 Å². The fourth-order valence-electron chi connectivity index (χ4n) is 4.35. The van der Waals surface area contributed by atoms with E-state index in [1.807, 2.05) is 6.07 Å². The Kier molecular flexibility index (Phi) is 7.33. The van der Waals surface area contributed by atoms with Crippen molar-refractivity contribution in [2.45, 2.75) is 12.5 Å². The van der Waals surface area contributed by atoms with Crippen LogP contribution in [0.15, 0.2) is 54.1 Å². The molecule has 2 aromatic rings. The van der Waals surface area contributed by atoms with Crippen molar-refractivity contribution >= 4 is 29.1 Å². The number of halogens is 1. The molecule has 7 nitrogen and oxygen atoms in total. The van der Waals surface area contributed by atoms with Gasteiger partial charge in [0.15, 0.2) is 0 Å². The maximum Gasteiger partial charge on any atom is 0.295 e. The first kappa shape index (κ1) is 23.3. The number of amides is 1. The highest BCUT2D eigenvalue weighted by molar-refractivity contribution is 6.46. The molecule has 0 radical (unpaired) electrons. The van der Waals surface area contributed by atoms with Gasteiger partial charge in [0, 0.05) is 36.8 Å². The number of aliphatic hydroxyl groups excluding tert-OH is 1. The van der Waals surface area contributed by atoms with E-state index < -0.39 is 17.7 Å². The molecule has 0 spiro atoms. The predicted octanol–water partition coefficient (Wildman–Crippen LogP) is 3.49. The van der Waals surface area contributed by atoms with Crippen LogP contribution in [0.2, 0.25) is 5.02 Å². The number of hydrogen-bond donors (Lipinski definition) is 1. The summed E-state index contributed by atoms with van der Waals surface area (Å²) < 4.78 is 10.6. The van der Waals surface area contributed by atoms with Crippen LogP contribution in [0, 0.1) is 0 Å². The van der Waals surface area contributed by atoms with E-state index in [9.17, 15) is 14.7 Å². The van der Waals surface area contributed by atoms with Crippen molar-refractivity contribution in [2.24, 2.45) is 0 Å². The van der Waals surface area contributed by atoms with Crippen LogP contribution in [0.25, 0.3) is 5.76 Å². The second-order valence-corrected chi connectivity index (χ2v) is 8.52. The molecule has 0 saturated carbocycles. The molecule has 0 bridgehead atoms. The van der Waals surface area contributed by atoms with E-state index in [1.54, 1.807) is 47.4 Å². The molecule has 1 amide bonds. The number of ether oxygens (including phenoxy) is 2. The summed E-state index contributed by atoms with van der Waals surface area (Å²) in [5.41, 5.74) is 1.15. The summed E-state index contributed by atoms with van der Waals surface area (Å²) in [7, 11) is 1.53. The molecule has 2 fully saturated rings.